The Morgan fingerprint density at radius 3 is 3.21 bits per heavy atom. The lowest BCUT2D eigenvalue weighted by molar-refractivity contribution is -0.0103. The maximum atomic E-state index is 10.5. The Kier molecular flexibility index (Phi) is 2.29. The first-order chi connectivity index (χ1) is 6.68. The topological polar surface area (TPSA) is 59.1 Å². The number of aliphatic hydroxyl groups is 1. The smallest absolute Gasteiger partial charge is 0.0954 e. The first kappa shape index (κ1) is 9.62. The van der Waals surface area contributed by atoms with E-state index in [0.29, 0.717) is 13.0 Å². The van der Waals surface area contributed by atoms with Gasteiger partial charge in [0.25, 0.3) is 0 Å². The van der Waals surface area contributed by atoms with Crippen molar-refractivity contribution < 1.29 is 5.11 Å². The molecule has 0 fully saturated rings. The molecule has 14 heavy (non-hydrogen) atoms. The molecule has 2 unspecified atom stereocenters. The molecule has 1 heterocycles. The molecule has 1 aliphatic carbocycles. The summed E-state index contributed by atoms with van der Waals surface area (Å²) in [6, 6.07) is 1.99. The summed E-state index contributed by atoms with van der Waals surface area (Å²) in [6.45, 7) is 2.57. The van der Waals surface area contributed by atoms with Crippen LogP contribution in [0.5, 0.6) is 0 Å². The van der Waals surface area contributed by atoms with Crippen LogP contribution >= 0.6 is 0 Å². The van der Waals surface area contributed by atoms with Gasteiger partial charge in [0, 0.05) is 18.0 Å². The summed E-state index contributed by atoms with van der Waals surface area (Å²) in [7, 11) is 0. The highest BCUT2D eigenvalue weighted by Gasteiger charge is 2.42. The van der Waals surface area contributed by atoms with Crippen LogP contribution in [0.3, 0.4) is 0 Å². The third-order valence-corrected chi connectivity index (χ3v) is 3.24. The molecule has 0 amide bonds. The van der Waals surface area contributed by atoms with Crippen LogP contribution in [-0.2, 0) is 12.0 Å². The Balaban J connectivity index is 2.43. The molecule has 0 aliphatic heterocycles. The maximum Gasteiger partial charge on any atom is 0.0954 e. The standard InChI is InChI=1S/C11H16N2O/c1-8-6-9-2-5-13-7-10(9)11(8,14)3-4-12/h2,5,7-8,14H,3-4,6,12H2,1H3. The lowest BCUT2D eigenvalue weighted by Crippen LogP contribution is -2.32. The molecule has 3 nitrogen and oxygen atoms in total. The number of fused-ring (bicyclic) bond motifs is 1. The van der Waals surface area contributed by atoms with Crippen molar-refractivity contribution in [1.29, 1.82) is 0 Å². The molecule has 0 bridgehead atoms. The van der Waals surface area contributed by atoms with Gasteiger partial charge < -0.3 is 10.8 Å². The van der Waals surface area contributed by atoms with E-state index >= 15 is 0 Å². The van der Waals surface area contributed by atoms with Crippen molar-refractivity contribution in [3.05, 3.63) is 29.6 Å². The monoisotopic (exact) mass is 192 g/mol. The van der Waals surface area contributed by atoms with Crippen molar-refractivity contribution >= 4 is 0 Å². The first-order valence-corrected chi connectivity index (χ1v) is 5.04. The Hall–Kier alpha value is -0.930. The predicted octanol–water partition coefficient (Wildman–Crippen LogP) is 0.810. The molecule has 0 radical (unpaired) electrons. The second kappa shape index (κ2) is 3.33. The third-order valence-electron chi connectivity index (χ3n) is 3.24. The summed E-state index contributed by atoms with van der Waals surface area (Å²) in [6.07, 6.45) is 5.09. The van der Waals surface area contributed by atoms with E-state index in [1.165, 1.54) is 5.56 Å². The third kappa shape index (κ3) is 1.24. The molecule has 1 aromatic heterocycles. The van der Waals surface area contributed by atoms with Gasteiger partial charge in [-0.05, 0) is 36.9 Å². The maximum absolute atomic E-state index is 10.5. The van der Waals surface area contributed by atoms with Crippen LogP contribution in [0.25, 0.3) is 0 Å². The average Bonchev–Trinajstić information content (AvgIpc) is 2.41. The van der Waals surface area contributed by atoms with Gasteiger partial charge in [-0.1, -0.05) is 6.92 Å². The van der Waals surface area contributed by atoms with Gasteiger partial charge >= 0.3 is 0 Å². The van der Waals surface area contributed by atoms with Crippen LogP contribution in [0, 0.1) is 5.92 Å². The van der Waals surface area contributed by atoms with Crippen LogP contribution in [0.15, 0.2) is 18.5 Å². The second-order valence-corrected chi connectivity index (χ2v) is 4.10. The number of rotatable bonds is 2. The van der Waals surface area contributed by atoms with E-state index in [2.05, 4.69) is 11.9 Å². The highest BCUT2D eigenvalue weighted by Crippen LogP contribution is 2.42. The normalized spacial score (nSPS) is 30.4. The van der Waals surface area contributed by atoms with E-state index < -0.39 is 5.60 Å². The van der Waals surface area contributed by atoms with Gasteiger partial charge in [0.15, 0.2) is 0 Å². The molecule has 0 saturated heterocycles. The van der Waals surface area contributed by atoms with Gasteiger partial charge in [0.1, 0.15) is 0 Å². The first-order valence-electron chi connectivity index (χ1n) is 5.04. The fourth-order valence-electron chi connectivity index (χ4n) is 2.36. The van der Waals surface area contributed by atoms with Crippen molar-refractivity contribution in [2.24, 2.45) is 11.7 Å². The minimum Gasteiger partial charge on any atom is -0.385 e. The average molecular weight is 192 g/mol. The zero-order valence-corrected chi connectivity index (χ0v) is 8.40. The van der Waals surface area contributed by atoms with Crippen LogP contribution < -0.4 is 5.73 Å². The number of nitrogens with zero attached hydrogens (tertiary/aromatic N) is 1. The largest absolute Gasteiger partial charge is 0.385 e. The zero-order chi connectivity index (χ0) is 10.2. The van der Waals surface area contributed by atoms with Gasteiger partial charge in [0.05, 0.1) is 5.60 Å². The Morgan fingerprint density at radius 1 is 1.71 bits per heavy atom. The molecule has 3 heteroatoms. The van der Waals surface area contributed by atoms with Crippen molar-refractivity contribution in [3.8, 4) is 0 Å². The van der Waals surface area contributed by atoms with Gasteiger partial charge in [-0.2, -0.15) is 0 Å². The lowest BCUT2D eigenvalue weighted by atomic mass is 9.86. The molecule has 0 spiro atoms. The molecule has 1 aliphatic rings. The van der Waals surface area contributed by atoms with E-state index in [1.807, 2.05) is 6.07 Å². The van der Waals surface area contributed by atoms with Crippen molar-refractivity contribution in [2.45, 2.75) is 25.4 Å². The number of hydrogen-bond acceptors (Lipinski definition) is 3. The Labute approximate surface area is 84.0 Å². The summed E-state index contributed by atoms with van der Waals surface area (Å²) in [5, 5.41) is 10.5. The lowest BCUT2D eigenvalue weighted by Gasteiger charge is -2.28. The van der Waals surface area contributed by atoms with Crippen LogP contribution in [-0.4, -0.2) is 16.6 Å². The second-order valence-electron chi connectivity index (χ2n) is 4.10. The van der Waals surface area contributed by atoms with Gasteiger partial charge in [-0.15, -0.1) is 0 Å². The minimum absolute atomic E-state index is 0.241. The van der Waals surface area contributed by atoms with Crippen molar-refractivity contribution in [1.82, 2.24) is 4.98 Å². The number of aromatic nitrogens is 1. The molecule has 76 valence electrons. The van der Waals surface area contributed by atoms with E-state index in [4.69, 9.17) is 5.73 Å². The number of hydrogen-bond donors (Lipinski definition) is 2. The van der Waals surface area contributed by atoms with Crippen molar-refractivity contribution in [3.63, 3.8) is 0 Å². The molecule has 0 saturated carbocycles. The van der Waals surface area contributed by atoms with E-state index in [9.17, 15) is 5.11 Å². The van der Waals surface area contributed by atoms with Gasteiger partial charge in [0.2, 0.25) is 0 Å². The summed E-state index contributed by atoms with van der Waals surface area (Å²) in [4.78, 5) is 4.07. The van der Waals surface area contributed by atoms with E-state index in [0.717, 1.165) is 12.0 Å². The summed E-state index contributed by atoms with van der Waals surface area (Å²) >= 11 is 0. The quantitative estimate of drug-likeness (QED) is 0.729. The zero-order valence-electron chi connectivity index (χ0n) is 8.40. The number of nitrogens with two attached hydrogens (primary N) is 1. The SMILES string of the molecule is CC1Cc2ccncc2C1(O)CCN. The van der Waals surface area contributed by atoms with Gasteiger partial charge in [-0.3, -0.25) is 4.98 Å². The molecule has 1 aromatic rings. The fourth-order valence-corrected chi connectivity index (χ4v) is 2.36. The number of pyridine rings is 1. The molecule has 2 rings (SSSR count). The van der Waals surface area contributed by atoms with Gasteiger partial charge in [-0.25, -0.2) is 0 Å². The Bertz CT molecular complexity index is 340. The highest BCUT2D eigenvalue weighted by molar-refractivity contribution is 5.35. The minimum atomic E-state index is -0.752. The summed E-state index contributed by atoms with van der Waals surface area (Å²) in [5.41, 5.74) is 6.96. The van der Waals surface area contributed by atoms with Crippen LogP contribution in [0.4, 0.5) is 0 Å². The molecular formula is C11H16N2O. The summed E-state index contributed by atoms with van der Waals surface area (Å²) < 4.78 is 0. The van der Waals surface area contributed by atoms with Crippen LogP contribution in [0.1, 0.15) is 24.5 Å². The van der Waals surface area contributed by atoms with E-state index in [1.54, 1.807) is 12.4 Å². The molecule has 3 N–H and O–H groups in total. The summed E-state index contributed by atoms with van der Waals surface area (Å²) in [5.74, 6) is 0.241. The Morgan fingerprint density at radius 2 is 2.50 bits per heavy atom. The van der Waals surface area contributed by atoms with E-state index in [-0.39, 0.29) is 5.92 Å². The molecule has 0 aromatic carbocycles. The molecule has 2 atom stereocenters. The highest BCUT2D eigenvalue weighted by atomic mass is 16.3. The van der Waals surface area contributed by atoms with Crippen molar-refractivity contribution in [2.75, 3.05) is 6.54 Å². The molecular weight excluding hydrogens is 176 g/mol. The van der Waals surface area contributed by atoms with Crippen LogP contribution in [0.2, 0.25) is 0 Å². The predicted molar refractivity (Wildman–Crippen MR) is 54.7 cm³/mol. The fraction of sp³-hybridized carbons (Fsp3) is 0.545.